The fourth-order valence-electron chi connectivity index (χ4n) is 3.27. The second kappa shape index (κ2) is 9.09. The summed E-state index contributed by atoms with van der Waals surface area (Å²) >= 11 is 0. The number of rotatable bonds is 8. The number of carbonyl (C=O) groups is 1. The predicted octanol–water partition coefficient (Wildman–Crippen LogP) is 2.19. The molecule has 3 heterocycles. The van der Waals surface area contributed by atoms with Crippen LogP contribution >= 0.6 is 0 Å². The van der Waals surface area contributed by atoms with Crippen molar-refractivity contribution in [1.82, 2.24) is 19.4 Å². The molecule has 7 heteroatoms. The molecule has 2 aromatic heterocycles. The zero-order valence-corrected chi connectivity index (χ0v) is 15.7. The van der Waals surface area contributed by atoms with Crippen molar-refractivity contribution >= 4 is 17.0 Å². The highest BCUT2D eigenvalue weighted by molar-refractivity contribution is 6.01. The summed E-state index contributed by atoms with van der Waals surface area (Å²) in [6.45, 7) is 7.22. The van der Waals surface area contributed by atoms with Crippen molar-refractivity contribution in [2.45, 2.75) is 32.6 Å². The molecule has 0 saturated carbocycles. The summed E-state index contributed by atoms with van der Waals surface area (Å²) < 4.78 is 12.8. The monoisotopic (exact) mass is 360 g/mol. The highest BCUT2D eigenvalue weighted by Gasteiger charge is 2.18. The summed E-state index contributed by atoms with van der Waals surface area (Å²) in [6.07, 6.45) is 5.30. The summed E-state index contributed by atoms with van der Waals surface area (Å²) in [5.41, 5.74) is 2.31. The smallest absolute Gasteiger partial charge is 0.357 e. The Bertz CT molecular complexity index is 738. The van der Waals surface area contributed by atoms with Gasteiger partial charge in [-0.15, -0.1) is 0 Å². The van der Waals surface area contributed by atoms with E-state index in [1.807, 2.05) is 13.1 Å². The quantitative estimate of drug-likeness (QED) is 0.531. The second-order valence-corrected chi connectivity index (χ2v) is 6.70. The van der Waals surface area contributed by atoms with E-state index in [1.54, 1.807) is 0 Å². The number of carbonyl (C=O) groups excluding carboxylic acids is 1. The van der Waals surface area contributed by atoms with Crippen LogP contribution in [0, 0.1) is 0 Å². The molecular formula is C19H28N4O3. The molecule has 0 atom stereocenters. The van der Waals surface area contributed by atoms with Gasteiger partial charge in [0.05, 0.1) is 25.2 Å². The van der Waals surface area contributed by atoms with Gasteiger partial charge in [0, 0.05) is 25.8 Å². The van der Waals surface area contributed by atoms with E-state index in [0.29, 0.717) is 12.3 Å². The van der Waals surface area contributed by atoms with Crippen molar-refractivity contribution in [3.05, 3.63) is 23.8 Å². The molecule has 26 heavy (non-hydrogen) atoms. The zero-order chi connectivity index (χ0) is 18.4. The van der Waals surface area contributed by atoms with Crippen LogP contribution in [0.3, 0.4) is 0 Å². The molecule has 0 aliphatic carbocycles. The number of unbranched alkanes of at least 4 members (excludes halogenated alkanes) is 1. The molecule has 0 spiro atoms. The number of aryl methyl sites for hydroxylation is 2. The van der Waals surface area contributed by atoms with E-state index in [4.69, 9.17) is 9.47 Å². The topological polar surface area (TPSA) is 69.5 Å². The lowest BCUT2D eigenvalue weighted by Gasteiger charge is -2.26. The van der Waals surface area contributed by atoms with Gasteiger partial charge in [-0.1, -0.05) is 13.3 Å². The van der Waals surface area contributed by atoms with Crippen LogP contribution in [0.25, 0.3) is 11.0 Å². The van der Waals surface area contributed by atoms with Crippen LogP contribution in [0.4, 0.5) is 0 Å². The summed E-state index contributed by atoms with van der Waals surface area (Å²) in [7, 11) is 1.99. The molecule has 1 aliphatic rings. The number of aromatic nitrogens is 3. The van der Waals surface area contributed by atoms with Gasteiger partial charge in [-0.3, -0.25) is 4.90 Å². The third-order valence-corrected chi connectivity index (χ3v) is 4.86. The van der Waals surface area contributed by atoms with E-state index in [9.17, 15) is 4.79 Å². The highest BCUT2D eigenvalue weighted by Crippen LogP contribution is 2.21. The molecule has 1 fully saturated rings. The Morgan fingerprint density at radius 2 is 2.08 bits per heavy atom. The summed E-state index contributed by atoms with van der Waals surface area (Å²) in [6, 6.07) is 2.03. The number of esters is 1. The molecule has 0 amide bonds. The fourth-order valence-corrected chi connectivity index (χ4v) is 3.27. The van der Waals surface area contributed by atoms with Crippen LogP contribution in [0.15, 0.2) is 12.4 Å². The molecule has 142 valence electrons. The van der Waals surface area contributed by atoms with Crippen LogP contribution in [0.2, 0.25) is 0 Å². The molecule has 2 aromatic rings. The van der Waals surface area contributed by atoms with E-state index in [0.717, 1.165) is 75.3 Å². The molecule has 0 aromatic carbocycles. The largest absolute Gasteiger partial charge is 0.461 e. The maximum absolute atomic E-state index is 12.3. The average molecular weight is 360 g/mol. The lowest BCUT2D eigenvalue weighted by Crippen LogP contribution is -2.37. The number of fused-ring (bicyclic) bond motifs is 1. The van der Waals surface area contributed by atoms with Crippen molar-refractivity contribution in [2.24, 2.45) is 7.05 Å². The lowest BCUT2D eigenvalue weighted by molar-refractivity contribution is 0.0374. The zero-order valence-electron chi connectivity index (χ0n) is 15.7. The normalized spacial score (nSPS) is 15.5. The van der Waals surface area contributed by atoms with Gasteiger partial charge in [0.15, 0.2) is 5.69 Å². The summed E-state index contributed by atoms with van der Waals surface area (Å²) in [4.78, 5) is 23.3. The third kappa shape index (κ3) is 4.40. The number of ether oxygens (including phenoxy) is 2. The van der Waals surface area contributed by atoms with Crippen molar-refractivity contribution in [2.75, 3.05) is 39.5 Å². The first-order chi connectivity index (χ1) is 12.7. The van der Waals surface area contributed by atoms with Gasteiger partial charge in [-0.25, -0.2) is 14.8 Å². The summed E-state index contributed by atoms with van der Waals surface area (Å²) in [5, 5.41) is 0.776. The minimum Gasteiger partial charge on any atom is -0.461 e. The minimum absolute atomic E-state index is 0.362. The maximum Gasteiger partial charge on any atom is 0.357 e. The Labute approximate surface area is 154 Å². The first-order valence-corrected chi connectivity index (χ1v) is 9.47. The molecule has 0 N–H and O–H groups in total. The standard InChI is InChI=1S/C19H28N4O3/c1-3-4-10-26-19(24)17-16-13-15(22(2)18(16)21-14-20-17)6-5-7-23-8-11-25-12-9-23/h13-14H,3-12H2,1-2H3. The number of nitrogens with zero attached hydrogens (tertiary/aromatic N) is 4. The Morgan fingerprint density at radius 1 is 1.27 bits per heavy atom. The van der Waals surface area contributed by atoms with Crippen molar-refractivity contribution in [3.63, 3.8) is 0 Å². The SMILES string of the molecule is CCCCOC(=O)c1ncnc2c1cc(CCCN1CCOCC1)n2C. The maximum atomic E-state index is 12.3. The van der Waals surface area contributed by atoms with Gasteiger partial charge >= 0.3 is 5.97 Å². The van der Waals surface area contributed by atoms with E-state index in [1.165, 1.54) is 6.33 Å². The van der Waals surface area contributed by atoms with Crippen molar-refractivity contribution in [3.8, 4) is 0 Å². The van der Waals surface area contributed by atoms with Crippen molar-refractivity contribution in [1.29, 1.82) is 0 Å². The summed E-state index contributed by atoms with van der Waals surface area (Å²) in [5.74, 6) is -0.365. The lowest BCUT2D eigenvalue weighted by atomic mass is 10.2. The first-order valence-electron chi connectivity index (χ1n) is 9.47. The molecule has 7 nitrogen and oxygen atoms in total. The van der Waals surface area contributed by atoms with E-state index < -0.39 is 0 Å². The van der Waals surface area contributed by atoms with Crippen molar-refractivity contribution < 1.29 is 14.3 Å². The first kappa shape index (κ1) is 18.8. The number of hydrogen-bond acceptors (Lipinski definition) is 6. The van der Waals surface area contributed by atoms with E-state index in [-0.39, 0.29) is 5.97 Å². The van der Waals surface area contributed by atoms with E-state index >= 15 is 0 Å². The van der Waals surface area contributed by atoms with Gasteiger partial charge < -0.3 is 14.0 Å². The van der Waals surface area contributed by atoms with Crippen LogP contribution in [-0.2, 0) is 22.9 Å². The minimum atomic E-state index is -0.365. The van der Waals surface area contributed by atoms with Crippen LogP contribution < -0.4 is 0 Å². The average Bonchev–Trinajstić information content (AvgIpc) is 2.99. The van der Waals surface area contributed by atoms with Crippen LogP contribution in [0.1, 0.15) is 42.4 Å². The van der Waals surface area contributed by atoms with Gasteiger partial charge in [-0.2, -0.15) is 0 Å². The third-order valence-electron chi connectivity index (χ3n) is 4.86. The van der Waals surface area contributed by atoms with Crippen LogP contribution in [0.5, 0.6) is 0 Å². The molecular weight excluding hydrogens is 332 g/mol. The Hall–Kier alpha value is -1.99. The van der Waals surface area contributed by atoms with Gasteiger partial charge in [-0.05, 0) is 31.9 Å². The van der Waals surface area contributed by atoms with E-state index in [2.05, 4.69) is 26.4 Å². The Kier molecular flexibility index (Phi) is 6.57. The molecule has 0 radical (unpaired) electrons. The predicted molar refractivity (Wildman–Crippen MR) is 99.3 cm³/mol. The molecule has 3 rings (SSSR count). The highest BCUT2D eigenvalue weighted by atomic mass is 16.5. The molecule has 1 aliphatic heterocycles. The van der Waals surface area contributed by atoms with Crippen LogP contribution in [-0.4, -0.2) is 64.9 Å². The fraction of sp³-hybridized carbons (Fsp3) is 0.632. The second-order valence-electron chi connectivity index (χ2n) is 6.70. The molecule has 1 saturated heterocycles. The molecule has 0 unspecified atom stereocenters. The molecule has 0 bridgehead atoms. The Morgan fingerprint density at radius 3 is 2.85 bits per heavy atom. The number of morpholine rings is 1. The Balaban J connectivity index is 1.68. The van der Waals surface area contributed by atoms with Gasteiger partial charge in [0.1, 0.15) is 12.0 Å². The van der Waals surface area contributed by atoms with Gasteiger partial charge in [0.25, 0.3) is 0 Å². The van der Waals surface area contributed by atoms with Gasteiger partial charge in [0.2, 0.25) is 0 Å². The number of hydrogen-bond donors (Lipinski definition) is 0.